The Balaban J connectivity index is 2.39. The van der Waals surface area contributed by atoms with Crippen molar-refractivity contribution < 1.29 is 19.8 Å². The van der Waals surface area contributed by atoms with Crippen molar-refractivity contribution in [2.45, 2.75) is 0 Å². The highest BCUT2D eigenvalue weighted by atomic mass is 16.4. The molecule has 0 bridgehead atoms. The predicted molar refractivity (Wildman–Crippen MR) is 33.9 cm³/mol. The number of piperazine rings is 1. The van der Waals surface area contributed by atoms with Crippen LogP contribution in [0.5, 0.6) is 0 Å². The maximum Gasteiger partial charge on any atom is 0.137 e. The van der Waals surface area contributed by atoms with Crippen molar-refractivity contribution >= 4 is 12.2 Å². The first-order chi connectivity index (χ1) is 5.61. The van der Waals surface area contributed by atoms with E-state index in [2.05, 4.69) is 0 Å². The van der Waals surface area contributed by atoms with Crippen molar-refractivity contribution in [3.8, 4) is 0 Å². The van der Waals surface area contributed by atoms with E-state index in [0.717, 1.165) is 9.80 Å². The largest absolute Gasteiger partial charge is 0.530 e. The van der Waals surface area contributed by atoms with E-state index in [1.165, 1.54) is 0 Å². The molecule has 1 heterocycles. The van der Waals surface area contributed by atoms with Gasteiger partial charge in [0.1, 0.15) is 12.2 Å². The minimum absolute atomic E-state index is 0.163. The molecular formula is C6H8N2O4-2. The van der Waals surface area contributed by atoms with Gasteiger partial charge in [0.2, 0.25) is 0 Å². The fraction of sp³-hybridized carbons (Fsp3) is 0.667. The van der Waals surface area contributed by atoms with Gasteiger partial charge < -0.3 is 29.6 Å². The second-order valence-electron chi connectivity index (χ2n) is 2.51. The van der Waals surface area contributed by atoms with Gasteiger partial charge in [0.25, 0.3) is 0 Å². The molecule has 0 spiro atoms. The van der Waals surface area contributed by atoms with Gasteiger partial charge in [-0.25, -0.2) is 0 Å². The Morgan fingerprint density at radius 3 is 1.25 bits per heavy atom. The normalized spacial score (nSPS) is 17.7. The lowest BCUT2D eigenvalue weighted by molar-refractivity contribution is -0.275. The molecule has 2 amide bonds. The smallest absolute Gasteiger partial charge is 0.137 e. The molecule has 0 radical (unpaired) electrons. The summed E-state index contributed by atoms with van der Waals surface area (Å²) in [7, 11) is 0. The van der Waals surface area contributed by atoms with Gasteiger partial charge in [-0.1, -0.05) is 0 Å². The van der Waals surface area contributed by atoms with Crippen molar-refractivity contribution in [2.75, 3.05) is 26.2 Å². The highest BCUT2D eigenvalue weighted by Crippen LogP contribution is 1.99. The quantitative estimate of drug-likeness (QED) is 0.397. The summed E-state index contributed by atoms with van der Waals surface area (Å²) in [6.45, 7) is 0.652. The van der Waals surface area contributed by atoms with Gasteiger partial charge in [-0.2, -0.15) is 0 Å². The van der Waals surface area contributed by atoms with Crippen LogP contribution in [0.3, 0.4) is 0 Å². The number of carbonyl (C=O) groups excluding carboxylic acids is 2. The van der Waals surface area contributed by atoms with Crippen LogP contribution in [0.2, 0.25) is 0 Å². The highest BCUT2D eigenvalue weighted by molar-refractivity contribution is 5.65. The van der Waals surface area contributed by atoms with E-state index in [-0.39, 0.29) is 26.2 Å². The second-order valence-corrected chi connectivity index (χ2v) is 2.51. The average molecular weight is 172 g/mol. The van der Waals surface area contributed by atoms with Crippen LogP contribution in [0.1, 0.15) is 0 Å². The second kappa shape index (κ2) is 3.29. The summed E-state index contributed by atoms with van der Waals surface area (Å²) in [4.78, 5) is 22.7. The number of carboxylic acid groups (broad SMARTS) is 2. The van der Waals surface area contributed by atoms with Gasteiger partial charge in [-0.15, -0.1) is 0 Å². The van der Waals surface area contributed by atoms with Crippen LogP contribution < -0.4 is 10.2 Å². The number of nitrogens with zero attached hydrogens (tertiary/aromatic N) is 2. The molecule has 0 aromatic heterocycles. The molecular weight excluding hydrogens is 164 g/mol. The van der Waals surface area contributed by atoms with Crippen LogP contribution in [0, 0.1) is 0 Å². The van der Waals surface area contributed by atoms with Crippen LogP contribution in [-0.2, 0) is 0 Å². The average Bonchev–Trinajstić information content (AvgIpc) is 2.04. The Kier molecular flexibility index (Phi) is 2.37. The fourth-order valence-corrected chi connectivity index (χ4v) is 1.07. The molecule has 68 valence electrons. The molecule has 0 aromatic rings. The van der Waals surface area contributed by atoms with E-state index in [9.17, 15) is 19.8 Å². The summed E-state index contributed by atoms with van der Waals surface area (Å²) in [6, 6.07) is 0. The number of hydrogen-bond acceptors (Lipinski definition) is 4. The maximum atomic E-state index is 10.3. The Hall–Kier alpha value is -1.46. The van der Waals surface area contributed by atoms with Gasteiger partial charge in [0, 0.05) is 26.2 Å². The summed E-state index contributed by atoms with van der Waals surface area (Å²) in [5, 5.41) is 20.5. The van der Waals surface area contributed by atoms with E-state index in [1.54, 1.807) is 0 Å². The van der Waals surface area contributed by atoms with Gasteiger partial charge in [-0.3, -0.25) is 0 Å². The van der Waals surface area contributed by atoms with E-state index < -0.39 is 12.2 Å². The first-order valence-corrected chi connectivity index (χ1v) is 3.53. The molecule has 1 fully saturated rings. The van der Waals surface area contributed by atoms with Crippen LogP contribution in [0.25, 0.3) is 0 Å². The van der Waals surface area contributed by atoms with Crippen molar-refractivity contribution in [1.82, 2.24) is 9.80 Å². The number of amides is 2. The molecule has 1 aliphatic heterocycles. The lowest BCUT2D eigenvalue weighted by Gasteiger charge is -2.37. The summed E-state index contributed by atoms with van der Waals surface area (Å²) in [5.74, 6) is 0. The standard InChI is InChI=1S/C6H10N2O4/c9-5(10)7-1-2-8(4-3-7)6(11)12/h1-4H2,(H,9,10)(H,11,12)/p-2. The highest BCUT2D eigenvalue weighted by Gasteiger charge is 2.15. The van der Waals surface area contributed by atoms with Gasteiger partial charge in [0.05, 0.1) is 0 Å². The number of rotatable bonds is 0. The first kappa shape index (κ1) is 8.63. The number of carbonyl (C=O) groups is 2. The minimum atomic E-state index is -1.26. The third-order valence-corrected chi connectivity index (χ3v) is 1.80. The first-order valence-electron chi connectivity index (χ1n) is 3.53. The van der Waals surface area contributed by atoms with E-state index in [4.69, 9.17) is 0 Å². The molecule has 0 saturated carbocycles. The fourth-order valence-electron chi connectivity index (χ4n) is 1.07. The maximum absolute atomic E-state index is 10.3. The predicted octanol–water partition coefficient (Wildman–Crippen LogP) is -2.71. The molecule has 1 rings (SSSR count). The Bertz CT molecular complexity index is 176. The third kappa shape index (κ3) is 1.77. The lowest BCUT2D eigenvalue weighted by Crippen LogP contribution is -2.56. The van der Waals surface area contributed by atoms with E-state index in [1.807, 2.05) is 0 Å². The van der Waals surface area contributed by atoms with Gasteiger partial charge in [0.15, 0.2) is 0 Å². The van der Waals surface area contributed by atoms with Gasteiger partial charge >= 0.3 is 0 Å². The summed E-state index contributed by atoms with van der Waals surface area (Å²) < 4.78 is 0. The molecule has 12 heavy (non-hydrogen) atoms. The molecule has 0 atom stereocenters. The zero-order chi connectivity index (χ0) is 9.14. The monoisotopic (exact) mass is 172 g/mol. The Morgan fingerprint density at radius 1 is 0.833 bits per heavy atom. The van der Waals surface area contributed by atoms with Crippen molar-refractivity contribution in [3.63, 3.8) is 0 Å². The molecule has 1 aliphatic rings. The zero-order valence-corrected chi connectivity index (χ0v) is 6.36. The van der Waals surface area contributed by atoms with Crippen molar-refractivity contribution in [1.29, 1.82) is 0 Å². The lowest BCUT2D eigenvalue weighted by atomic mass is 10.3. The summed E-state index contributed by atoms with van der Waals surface area (Å²) in [6.07, 6.45) is -2.51. The third-order valence-electron chi connectivity index (χ3n) is 1.80. The number of hydrogen-bond donors (Lipinski definition) is 0. The molecule has 0 N–H and O–H groups in total. The summed E-state index contributed by atoms with van der Waals surface area (Å²) in [5.41, 5.74) is 0. The van der Waals surface area contributed by atoms with Crippen LogP contribution >= 0.6 is 0 Å². The van der Waals surface area contributed by atoms with Crippen molar-refractivity contribution in [2.24, 2.45) is 0 Å². The SMILES string of the molecule is O=C([O-])N1CCN(C(=O)[O-])CC1. The Morgan fingerprint density at radius 2 is 1.08 bits per heavy atom. The van der Waals surface area contributed by atoms with E-state index in [0.29, 0.717) is 0 Å². The summed E-state index contributed by atoms with van der Waals surface area (Å²) >= 11 is 0. The zero-order valence-electron chi connectivity index (χ0n) is 6.36. The molecule has 1 saturated heterocycles. The van der Waals surface area contributed by atoms with Gasteiger partial charge in [-0.05, 0) is 0 Å². The molecule has 0 unspecified atom stereocenters. The van der Waals surface area contributed by atoms with Crippen LogP contribution in [0.15, 0.2) is 0 Å². The molecule has 0 aliphatic carbocycles. The topological polar surface area (TPSA) is 86.7 Å². The van der Waals surface area contributed by atoms with Crippen molar-refractivity contribution in [3.05, 3.63) is 0 Å². The molecule has 6 heteroatoms. The van der Waals surface area contributed by atoms with Crippen LogP contribution in [0.4, 0.5) is 9.59 Å². The van der Waals surface area contributed by atoms with E-state index >= 15 is 0 Å². The van der Waals surface area contributed by atoms with Crippen LogP contribution in [-0.4, -0.2) is 48.2 Å². The minimum Gasteiger partial charge on any atom is -0.530 e. The molecule has 6 nitrogen and oxygen atoms in total. The Labute approximate surface area is 69.0 Å². The molecule has 0 aromatic carbocycles.